The van der Waals surface area contributed by atoms with Gasteiger partial charge in [-0.25, -0.2) is 0 Å². The van der Waals surface area contributed by atoms with Gasteiger partial charge in [0.15, 0.2) is 0 Å². The van der Waals surface area contributed by atoms with Crippen LogP contribution in [-0.4, -0.2) is 51.1 Å². The number of ether oxygens (including phenoxy) is 2. The van der Waals surface area contributed by atoms with Gasteiger partial charge in [0.1, 0.15) is 0 Å². The van der Waals surface area contributed by atoms with Crippen molar-refractivity contribution in [1.82, 2.24) is 9.03 Å². The summed E-state index contributed by atoms with van der Waals surface area (Å²) in [4.78, 5) is 11.7. The molecule has 1 fully saturated rings. The quantitative estimate of drug-likeness (QED) is 0.691. The number of carbonyl (C=O) groups excluding carboxylic acids is 1. The number of nitrogens with zero attached hydrogens (tertiary/aromatic N) is 1. The Kier molecular flexibility index (Phi) is 6.98. The van der Waals surface area contributed by atoms with Crippen molar-refractivity contribution in [2.24, 2.45) is 0 Å². The highest BCUT2D eigenvalue weighted by Crippen LogP contribution is 2.23. The molecule has 1 aliphatic heterocycles. The van der Waals surface area contributed by atoms with E-state index in [9.17, 15) is 13.2 Å². The van der Waals surface area contributed by atoms with Gasteiger partial charge >= 0.3 is 5.97 Å². The molecule has 1 saturated heterocycles. The van der Waals surface area contributed by atoms with E-state index in [2.05, 4.69) is 20.7 Å². The summed E-state index contributed by atoms with van der Waals surface area (Å²) in [5, 5.41) is 0. The van der Waals surface area contributed by atoms with Gasteiger partial charge in [-0.3, -0.25) is 4.79 Å². The molecular formula is C16H23BrN2O5S. The molecule has 0 saturated carbocycles. The number of methoxy groups -OCH3 is 1. The van der Waals surface area contributed by atoms with Gasteiger partial charge in [-0.1, -0.05) is 28.1 Å². The fourth-order valence-corrected chi connectivity index (χ4v) is 4.56. The molecule has 25 heavy (non-hydrogen) atoms. The van der Waals surface area contributed by atoms with Crippen LogP contribution in [0.5, 0.6) is 0 Å². The summed E-state index contributed by atoms with van der Waals surface area (Å²) in [6.07, 6.45) is -0.466. The summed E-state index contributed by atoms with van der Waals surface area (Å²) < 4.78 is 40.7. The zero-order valence-electron chi connectivity index (χ0n) is 14.4. The number of benzene rings is 1. The maximum Gasteiger partial charge on any atom is 0.307 e. The Bertz CT molecular complexity index is 685. The molecule has 2 rings (SSSR count). The van der Waals surface area contributed by atoms with E-state index in [1.165, 1.54) is 11.4 Å². The Morgan fingerprint density at radius 1 is 1.32 bits per heavy atom. The largest absolute Gasteiger partial charge is 0.469 e. The van der Waals surface area contributed by atoms with Crippen LogP contribution >= 0.6 is 15.9 Å². The number of esters is 1. The van der Waals surface area contributed by atoms with Crippen LogP contribution in [0.4, 0.5) is 0 Å². The van der Waals surface area contributed by atoms with E-state index in [1.54, 1.807) is 24.3 Å². The summed E-state index contributed by atoms with van der Waals surface area (Å²) >= 11 is 3.34. The van der Waals surface area contributed by atoms with Gasteiger partial charge in [0.25, 0.3) is 10.2 Å². The molecule has 3 unspecified atom stereocenters. The molecule has 0 spiro atoms. The van der Waals surface area contributed by atoms with Crippen molar-refractivity contribution in [3.05, 3.63) is 34.3 Å². The first kappa shape index (κ1) is 20.3. The van der Waals surface area contributed by atoms with Crippen molar-refractivity contribution < 1.29 is 22.7 Å². The average molecular weight is 435 g/mol. The molecule has 7 nitrogen and oxygen atoms in total. The molecule has 1 aliphatic rings. The molecule has 0 aromatic heterocycles. The van der Waals surface area contributed by atoms with Gasteiger partial charge < -0.3 is 9.47 Å². The zero-order chi connectivity index (χ0) is 18.6. The van der Waals surface area contributed by atoms with E-state index in [1.807, 2.05) is 13.8 Å². The highest BCUT2D eigenvalue weighted by Gasteiger charge is 2.33. The number of morpholine rings is 1. The Labute approximate surface area is 157 Å². The standard InChI is InChI=1S/C16H23BrN2O5S/c1-11-9-19(10-12(2)24-11)25(21,22)18-15(8-16(20)23-3)13-4-6-14(17)7-5-13/h4-7,11-12,15,18H,8-10H2,1-3H3. The number of hydrogen-bond acceptors (Lipinski definition) is 5. The van der Waals surface area contributed by atoms with E-state index < -0.39 is 22.2 Å². The maximum absolute atomic E-state index is 12.8. The Hall–Kier alpha value is -1.00. The molecule has 0 bridgehead atoms. The van der Waals surface area contributed by atoms with Crippen LogP contribution in [-0.2, 0) is 24.5 Å². The lowest BCUT2D eigenvalue weighted by Crippen LogP contribution is -2.52. The molecule has 1 N–H and O–H groups in total. The maximum atomic E-state index is 12.8. The minimum atomic E-state index is -3.78. The third-order valence-electron chi connectivity index (χ3n) is 3.89. The molecule has 1 heterocycles. The second-order valence-electron chi connectivity index (χ2n) is 6.08. The van der Waals surface area contributed by atoms with Crippen LogP contribution in [0.2, 0.25) is 0 Å². The molecule has 0 amide bonds. The predicted molar refractivity (Wildman–Crippen MR) is 97.2 cm³/mol. The number of rotatable bonds is 6. The second kappa shape index (κ2) is 8.59. The van der Waals surface area contributed by atoms with Crippen molar-refractivity contribution in [2.75, 3.05) is 20.2 Å². The van der Waals surface area contributed by atoms with Crippen molar-refractivity contribution in [2.45, 2.75) is 38.5 Å². The number of carbonyl (C=O) groups is 1. The SMILES string of the molecule is COC(=O)CC(NS(=O)(=O)N1CC(C)OC(C)C1)c1ccc(Br)cc1. The second-order valence-corrected chi connectivity index (χ2v) is 8.70. The van der Waals surface area contributed by atoms with Crippen LogP contribution in [0.1, 0.15) is 31.9 Å². The minimum absolute atomic E-state index is 0.0905. The van der Waals surface area contributed by atoms with Crippen molar-refractivity contribution in [3.63, 3.8) is 0 Å². The molecule has 1 aromatic carbocycles. The van der Waals surface area contributed by atoms with Crippen LogP contribution < -0.4 is 4.72 Å². The molecule has 0 radical (unpaired) electrons. The molecule has 140 valence electrons. The van der Waals surface area contributed by atoms with Crippen LogP contribution in [0.25, 0.3) is 0 Å². The third kappa shape index (κ3) is 5.75. The van der Waals surface area contributed by atoms with Gasteiger partial charge in [-0.05, 0) is 31.5 Å². The fraction of sp³-hybridized carbons (Fsp3) is 0.562. The highest BCUT2D eigenvalue weighted by atomic mass is 79.9. The summed E-state index contributed by atoms with van der Waals surface area (Å²) in [6, 6.07) is 6.42. The van der Waals surface area contributed by atoms with Crippen LogP contribution in [0, 0.1) is 0 Å². The van der Waals surface area contributed by atoms with Gasteiger partial charge in [-0.15, -0.1) is 0 Å². The lowest BCUT2D eigenvalue weighted by Gasteiger charge is -2.35. The lowest BCUT2D eigenvalue weighted by atomic mass is 10.1. The summed E-state index contributed by atoms with van der Waals surface area (Å²) in [7, 11) is -2.50. The number of halogens is 1. The lowest BCUT2D eigenvalue weighted by molar-refractivity contribution is -0.141. The first-order valence-electron chi connectivity index (χ1n) is 7.96. The fourth-order valence-electron chi connectivity index (χ4n) is 2.75. The Balaban J connectivity index is 2.22. The van der Waals surface area contributed by atoms with E-state index in [0.717, 1.165) is 4.47 Å². The van der Waals surface area contributed by atoms with Gasteiger partial charge in [0.2, 0.25) is 0 Å². The molecule has 0 aliphatic carbocycles. The van der Waals surface area contributed by atoms with Crippen LogP contribution in [0.15, 0.2) is 28.7 Å². The van der Waals surface area contributed by atoms with E-state index in [4.69, 9.17) is 9.47 Å². The monoisotopic (exact) mass is 434 g/mol. The van der Waals surface area contributed by atoms with Gasteiger partial charge in [-0.2, -0.15) is 17.4 Å². The van der Waals surface area contributed by atoms with Crippen LogP contribution in [0.3, 0.4) is 0 Å². The molecular weight excluding hydrogens is 412 g/mol. The first-order valence-corrected chi connectivity index (χ1v) is 10.2. The summed E-state index contributed by atoms with van der Waals surface area (Å²) in [6.45, 7) is 4.20. The summed E-state index contributed by atoms with van der Waals surface area (Å²) in [5.41, 5.74) is 0.687. The van der Waals surface area contributed by atoms with Crippen molar-refractivity contribution in [1.29, 1.82) is 0 Å². The smallest absolute Gasteiger partial charge is 0.307 e. The zero-order valence-corrected chi connectivity index (χ0v) is 16.8. The van der Waals surface area contributed by atoms with Gasteiger partial charge in [0, 0.05) is 17.6 Å². The third-order valence-corrected chi connectivity index (χ3v) is 5.98. The van der Waals surface area contributed by atoms with Crippen molar-refractivity contribution in [3.8, 4) is 0 Å². The molecule has 3 atom stereocenters. The average Bonchev–Trinajstić information content (AvgIpc) is 2.53. The van der Waals surface area contributed by atoms with Gasteiger partial charge in [0.05, 0.1) is 31.8 Å². The highest BCUT2D eigenvalue weighted by molar-refractivity contribution is 9.10. The first-order chi connectivity index (χ1) is 11.7. The van der Waals surface area contributed by atoms with Crippen molar-refractivity contribution >= 4 is 32.1 Å². The molecule has 1 aromatic rings. The molecule has 9 heteroatoms. The minimum Gasteiger partial charge on any atom is -0.469 e. The predicted octanol–water partition coefficient (Wildman–Crippen LogP) is 2.00. The van der Waals surface area contributed by atoms with E-state index in [0.29, 0.717) is 5.56 Å². The van der Waals surface area contributed by atoms with E-state index in [-0.39, 0.29) is 31.7 Å². The Morgan fingerprint density at radius 2 is 1.88 bits per heavy atom. The topological polar surface area (TPSA) is 84.9 Å². The normalized spacial score (nSPS) is 23.2. The number of hydrogen-bond donors (Lipinski definition) is 1. The van der Waals surface area contributed by atoms with E-state index >= 15 is 0 Å². The summed E-state index contributed by atoms with van der Waals surface area (Å²) in [5.74, 6) is -0.487. The number of nitrogens with one attached hydrogen (secondary N) is 1. The Morgan fingerprint density at radius 3 is 2.40 bits per heavy atom.